The number of piperidine rings is 1. The van der Waals surface area contributed by atoms with E-state index in [4.69, 9.17) is 4.74 Å². The minimum atomic E-state index is -0.492. The fourth-order valence-electron chi connectivity index (χ4n) is 3.55. The monoisotopic (exact) mass is 394 g/mol. The molecule has 1 aliphatic heterocycles. The summed E-state index contributed by atoms with van der Waals surface area (Å²) in [5.41, 5.74) is 2.06. The molecule has 1 aliphatic rings. The van der Waals surface area contributed by atoms with E-state index in [9.17, 15) is 9.59 Å². The van der Waals surface area contributed by atoms with Gasteiger partial charge in [0.2, 0.25) is 0 Å². The van der Waals surface area contributed by atoms with E-state index < -0.39 is 5.97 Å². The van der Waals surface area contributed by atoms with Crippen molar-refractivity contribution in [1.82, 2.24) is 9.88 Å². The molecule has 2 aromatic carbocycles. The normalized spacial score (nSPS) is 16.9. The number of thiazole rings is 1. The predicted molar refractivity (Wildman–Crippen MR) is 110 cm³/mol. The molecule has 144 valence electrons. The fraction of sp³-hybridized carbons (Fsp3) is 0.318. The quantitative estimate of drug-likeness (QED) is 0.616. The van der Waals surface area contributed by atoms with Gasteiger partial charge in [0.15, 0.2) is 6.61 Å². The zero-order valence-electron chi connectivity index (χ0n) is 15.8. The molecule has 6 heteroatoms. The summed E-state index contributed by atoms with van der Waals surface area (Å²) in [7, 11) is 0. The maximum absolute atomic E-state index is 12.7. The van der Waals surface area contributed by atoms with Crippen LogP contribution < -0.4 is 0 Å². The zero-order valence-corrected chi connectivity index (χ0v) is 16.6. The van der Waals surface area contributed by atoms with E-state index in [1.807, 2.05) is 36.4 Å². The van der Waals surface area contributed by atoms with Crippen molar-refractivity contribution >= 4 is 33.4 Å². The van der Waals surface area contributed by atoms with Crippen molar-refractivity contribution in [3.63, 3.8) is 0 Å². The Morgan fingerprint density at radius 3 is 2.79 bits per heavy atom. The lowest BCUT2D eigenvalue weighted by molar-refractivity contribution is -0.136. The number of nitrogens with zero attached hydrogens (tertiary/aromatic N) is 2. The number of para-hydroxylation sites is 1. The van der Waals surface area contributed by atoms with Crippen molar-refractivity contribution in [2.45, 2.75) is 19.8 Å². The van der Waals surface area contributed by atoms with Crippen LogP contribution in [-0.2, 0) is 9.53 Å². The molecule has 5 nitrogen and oxygen atoms in total. The topological polar surface area (TPSA) is 59.5 Å². The third kappa shape index (κ3) is 3.92. The number of benzene rings is 2. The molecule has 0 aliphatic carbocycles. The molecular formula is C22H22N2O3S. The number of carbonyl (C=O) groups excluding carboxylic acids is 2. The van der Waals surface area contributed by atoms with Gasteiger partial charge in [0.25, 0.3) is 5.91 Å². The van der Waals surface area contributed by atoms with Crippen LogP contribution in [0.15, 0.2) is 48.5 Å². The standard InChI is InChI=1S/C22H22N2O3S/c1-15-7-6-12-24(13-15)20(25)14-27-22(26)17-9-3-2-8-16(17)21-23-18-10-4-5-11-19(18)28-21/h2-5,8-11,15H,6-7,12-14H2,1H3/t15-/m0/s1. The van der Waals surface area contributed by atoms with Gasteiger partial charge in [-0.05, 0) is 37.0 Å². The van der Waals surface area contributed by atoms with E-state index in [2.05, 4.69) is 11.9 Å². The second-order valence-corrected chi connectivity index (χ2v) is 8.23. The summed E-state index contributed by atoms with van der Waals surface area (Å²) in [6.07, 6.45) is 2.14. The van der Waals surface area contributed by atoms with E-state index in [0.717, 1.165) is 46.7 Å². The second-order valence-electron chi connectivity index (χ2n) is 7.20. The van der Waals surface area contributed by atoms with E-state index in [1.54, 1.807) is 17.0 Å². The SMILES string of the molecule is C[C@H]1CCCN(C(=O)COC(=O)c2ccccc2-c2nc3ccccc3s2)C1. The van der Waals surface area contributed by atoms with Crippen LogP contribution in [0.1, 0.15) is 30.1 Å². The van der Waals surface area contributed by atoms with E-state index >= 15 is 0 Å². The first-order valence-corrected chi connectivity index (χ1v) is 10.3. The highest BCUT2D eigenvalue weighted by atomic mass is 32.1. The largest absolute Gasteiger partial charge is 0.452 e. The summed E-state index contributed by atoms with van der Waals surface area (Å²) in [5.74, 6) is -0.126. The lowest BCUT2D eigenvalue weighted by atomic mass is 10.0. The average Bonchev–Trinajstić information content (AvgIpc) is 3.16. The summed E-state index contributed by atoms with van der Waals surface area (Å²) in [6.45, 7) is 3.39. The lowest BCUT2D eigenvalue weighted by Crippen LogP contribution is -2.41. The Hall–Kier alpha value is -2.73. The number of hydrogen-bond donors (Lipinski definition) is 0. The minimum Gasteiger partial charge on any atom is -0.452 e. The van der Waals surface area contributed by atoms with E-state index in [1.165, 1.54) is 11.3 Å². The minimum absolute atomic E-state index is 0.127. The number of esters is 1. The number of likely N-dealkylation sites (tertiary alicyclic amines) is 1. The van der Waals surface area contributed by atoms with Gasteiger partial charge >= 0.3 is 5.97 Å². The Balaban J connectivity index is 1.50. The van der Waals surface area contributed by atoms with Crippen molar-refractivity contribution in [3.8, 4) is 10.6 Å². The maximum Gasteiger partial charge on any atom is 0.339 e. The lowest BCUT2D eigenvalue weighted by Gasteiger charge is -2.30. The Morgan fingerprint density at radius 1 is 1.18 bits per heavy atom. The van der Waals surface area contributed by atoms with E-state index in [-0.39, 0.29) is 12.5 Å². The van der Waals surface area contributed by atoms with Gasteiger partial charge in [-0.25, -0.2) is 9.78 Å². The number of carbonyl (C=O) groups is 2. The first kappa shape index (κ1) is 18.6. The molecule has 28 heavy (non-hydrogen) atoms. The summed E-state index contributed by atoms with van der Waals surface area (Å²) >= 11 is 1.54. The Kier molecular flexibility index (Phi) is 5.39. The van der Waals surface area contributed by atoms with Crippen LogP contribution in [0.4, 0.5) is 0 Å². The molecule has 0 spiro atoms. The molecule has 4 rings (SSSR count). The predicted octanol–water partition coefficient (Wildman–Crippen LogP) is 4.38. The number of ether oxygens (including phenoxy) is 1. The summed E-state index contributed by atoms with van der Waals surface area (Å²) in [4.78, 5) is 31.5. The molecule has 1 aromatic heterocycles. The van der Waals surface area contributed by atoms with Crippen LogP contribution in [0.5, 0.6) is 0 Å². The first-order chi connectivity index (χ1) is 13.6. The number of hydrogen-bond acceptors (Lipinski definition) is 5. The Bertz CT molecular complexity index is 981. The van der Waals surface area contributed by atoms with Crippen LogP contribution in [-0.4, -0.2) is 41.5 Å². The Labute approximate surface area is 168 Å². The molecule has 0 radical (unpaired) electrons. The number of aromatic nitrogens is 1. The van der Waals surface area contributed by atoms with Crippen molar-refractivity contribution in [3.05, 3.63) is 54.1 Å². The average molecular weight is 394 g/mol. The highest BCUT2D eigenvalue weighted by Gasteiger charge is 2.23. The van der Waals surface area contributed by atoms with Crippen LogP contribution >= 0.6 is 11.3 Å². The van der Waals surface area contributed by atoms with Crippen molar-refractivity contribution in [1.29, 1.82) is 0 Å². The molecule has 3 aromatic rings. The molecule has 1 fully saturated rings. The molecular weight excluding hydrogens is 372 g/mol. The van der Waals surface area contributed by atoms with Gasteiger partial charge in [-0.15, -0.1) is 11.3 Å². The molecule has 0 unspecified atom stereocenters. The van der Waals surface area contributed by atoms with Crippen LogP contribution in [0, 0.1) is 5.92 Å². The van der Waals surface area contributed by atoms with Crippen molar-refractivity contribution < 1.29 is 14.3 Å². The number of amides is 1. The third-order valence-electron chi connectivity index (χ3n) is 5.01. The molecule has 0 saturated carbocycles. The first-order valence-electron chi connectivity index (χ1n) is 9.51. The van der Waals surface area contributed by atoms with Crippen LogP contribution in [0.2, 0.25) is 0 Å². The van der Waals surface area contributed by atoms with Gasteiger partial charge in [0, 0.05) is 18.7 Å². The van der Waals surface area contributed by atoms with Crippen LogP contribution in [0.3, 0.4) is 0 Å². The Morgan fingerprint density at radius 2 is 1.96 bits per heavy atom. The zero-order chi connectivity index (χ0) is 19.5. The molecule has 0 bridgehead atoms. The van der Waals surface area contributed by atoms with Gasteiger partial charge in [-0.3, -0.25) is 4.79 Å². The molecule has 1 saturated heterocycles. The van der Waals surface area contributed by atoms with Gasteiger partial charge < -0.3 is 9.64 Å². The van der Waals surface area contributed by atoms with Gasteiger partial charge in [-0.1, -0.05) is 37.3 Å². The molecule has 0 N–H and O–H groups in total. The summed E-state index contributed by atoms with van der Waals surface area (Å²) in [6, 6.07) is 15.1. The fourth-order valence-corrected chi connectivity index (χ4v) is 4.55. The van der Waals surface area contributed by atoms with E-state index in [0.29, 0.717) is 11.5 Å². The highest BCUT2D eigenvalue weighted by Crippen LogP contribution is 2.32. The van der Waals surface area contributed by atoms with Gasteiger partial charge in [-0.2, -0.15) is 0 Å². The van der Waals surface area contributed by atoms with Crippen molar-refractivity contribution in [2.75, 3.05) is 19.7 Å². The summed E-state index contributed by atoms with van der Waals surface area (Å²) in [5, 5.41) is 0.768. The molecule has 2 heterocycles. The van der Waals surface area contributed by atoms with Gasteiger partial charge in [0.1, 0.15) is 5.01 Å². The smallest absolute Gasteiger partial charge is 0.339 e. The van der Waals surface area contributed by atoms with Crippen molar-refractivity contribution in [2.24, 2.45) is 5.92 Å². The van der Waals surface area contributed by atoms with Gasteiger partial charge in [0.05, 0.1) is 15.8 Å². The summed E-state index contributed by atoms with van der Waals surface area (Å²) < 4.78 is 6.43. The molecule has 1 amide bonds. The maximum atomic E-state index is 12.7. The third-order valence-corrected chi connectivity index (χ3v) is 6.08. The highest BCUT2D eigenvalue weighted by molar-refractivity contribution is 7.21. The van der Waals surface area contributed by atoms with Crippen LogP contribution in [0.25, 0.3) is 20.8 Å². The second kappa shape index (κ2) is 8.10. The molecule has 1 atom stereocenters. The number of fused-ring (bicyclic) bond motifs is 1. The number of rotatable bonds is 4.